The monoisotopic (exact) mass is 346 g/mol. The molecule has 1 aromatic carbocycles. The Balaban J connectivity index is 1.37. The highest BCUT2D eigenvalue weighted by atomic mass is 35.5. The molecule has 2 aliphatic carbocycles. The minimum Gasteiger partial charge on any atom is -0.486 e. The second-order valence-corrected chi connectivity index (χ2v) is 7.09. The van der Waals surface area contributed by atoms with Crippen LogP contribution in [0.15, 0.2) is 12.1 Å². The highest BCUT2D eigenvalue weighted by molar-refractivity contribution is 6.32. The molecule has 1 N–H and O–H groups in total. The maximum atomic E-state index is 6.30. The van der Waals surface area contributed by atoms with Crippen molar-refractivity contribution in [3.63, 3.8) is 0 Å². The summed E-state index contributed by atoms with van der Waals surface area (Å²) in [4.78, 5) is 0. The van der Waals surface area contributed by atoms with Gasteiger partial charge < -0.3 is 19.4 Å². The molecule has 1 aromatic heterocycles. The van der Waals surface area contributed by atoms with E-state index in [1.807, 2.05) is 12.1 Å². The number of nitrogens with one attached hydrogen (secondary N) is 1. The van der Waals surface area contributed by atoms with Gasteiger partial charge in [-0.25, -0.2) is 0 Å². The van der Waals surface area contributed by atoms with Gasteiger partial charge in [0.15, 0.2) is 17.3 Å². The fourth-order valence-electron chi connectivity index (χ4n) is 3.20. The lowest BCUT2D eigenvalue weighted by molar-refractivity contribution is 0.172. The first-order valence-electron chi connectivity index (χ1n) is 8.56. The number of rotatable bonds is 5. The van der Waals surface area contributed by atoms with E-state index in [0.29, 0.717) is 48.2 Å². The molecule has 0 unspecified atom stereocenters. The molecule has 2 saturated carbocycles. The standard InChI is InChI=1S/C17H19ClN4O2/c18-13-7-11(8-14-16(13)24-6-5-23-14)19-9-15-20-21-17(10-1-2-10)22(15)12-3-4-12/h7-8,10,12,19H,1-6,9H2. The predicted molar refractivity (Wildman–Crippen MR) is 90.0 cm³/mol. The van der Waals surface area contributed by atoms with Gasteiger partial charge in [-0.1, -0.05) is 11.6 Å². The van der Waals surface area contributed by atoms with Crippen LogP contribution in [0.3, 0.4) is 0 Å². The molecule has 2 aromatic rings. The Morgan fingerprint density at radius 3 is 2.75 bits per heavy atom. The summed E-state index contributed by atoms with van der Waals surface area (Å²) < 4.78 is 13.5. The van der Waals surface area contributed by atoms with Gasteiger partial charge in [0.05, 0.1) is 11.6 Å². The van der Waals surface area contributed by atoms with E-state index in [1.165, 1.54) is 31.5 Å². The van der Waals surface area contributed by atoms with E-state index < -0.39 is 0 Å². The van der Waals surface area contributed by atoms with Gasteiger partial charge in [-0.15, -0.1) is 10.2 Å². The molecule has 0 atom stereocenters. The molecule has 7 heteroatoms. The fourth-order valence-corrected chi connectivity index (χ4v) is 3.47. The van der Waals surface area contributed by atoms with Crippen LogP contribution in [-0.2, 0) is 6.54 Å². The maximum absolute atomic E-state index is 6.30. The lowest BCUT2D eigenvalue weighted by Crippen LogP contribution is -2.16. The molecule has 126 valence electrons. The number of nitrogens with zero attached hydrogens (tertiary/aromatic N) is 3. The van der Waals surface area contributed by atoms with Crippen molar-refractivity contribution in [1.82, 2.24) is 14.8 Å². The van der Waals surface area contributed by atoms with Gasteiger partial charge in [-0.2, -0.15) is 0 Å². The van der Waals surface area contributed by atoms with Gasteiger partial charge in [0.2, 0.25) is 0 Å². The molecule has 0 bridgehead atoms. The average molecular weight is 347 g/mol. The molecular formula is C17H19ClN4O2. The average Bonchev–Trinajstić information content (AvgIpc) is 3.52. The minimum atomic E-state index is 0.536. The van der Waals surface area contributed by atoms with Gasteiger partial charge in [0, 0.05) is 23.7 Å². The Hall–Kier alpha value is -1.95. The van der Waals surface area contributed by atoms with Gasteiger partial charge in [-0.05, 0) is 31.7 Å². The number of ether oxygens (including phenoxy) is 2. The van der Waals surface area contributed by atoms with Crippen molar-refractivity contribution >= 4 is 17.3 Å². The molecule has 5 rings (SSSR count). The molecule has 6 nitrogen and oxygen atoms in total. The van der Waals surface area contributed by atoms with Gasteiger partial charge in [0.1, 0.15) is 19.0 Å². The van der Waals surface area contributed by atoms with E-state index in [1.54, 1.807) is 0 Å². The second kappa shape index (κ2) is 5.55. The number of hydrogen-bond donors (Lipinski definition) is 1. The zero-order chi connectivity index (χ0) is 16.1. The van der Waals surface area contributed by atoms with Crippen molar-refractivity contribution in [2.45, 2.75) is 44.2 Å². The van der Waals surface area contributed by atoms with Gasteiger partial charge in [-0.3, -0.25) is 0 Å². The molecule has 2 heterocycles. The number of anilines is 1. The Morgan fingerprint density at radius 2 is 1.96 bits per heavy atom. The third-order valence-electron chi connectivity index (χ3n) is 4.69. The molecule has 0 saturated heterocycles. The summed E-state index contributed by atoms with van der Waals surface area (Å²) in [5.74, 6) is 4.12. The van der Waals surface area contributed by atoms with E-state index in [0.717, 1.165) is 11.5 Å². The van der Waals surface area contributed by atoms with Crippen LogP contribution in [0.1, 0.15) is 49.3 Å². The number of halogens is 1. The van der Waals surface area contributed by atoms with Crippen LogP contribution in [-0.4, -0.2) is 28.0 Å². The highest BCUT2D eigenvalue weighted by Gasteiger charge is 2.36. The minimum absolute atomic E-state index is 0.536. The number of aromatic nitrogens is 3. The fraction of sp³-hybridized carbons (Fsp3) is 0.529. The molecule has 3 aliphatic rings. The summed E-state index contributed by atoms with van der Waals surface area (Å²) in [5.41, 5.74) is 0.905. The van der Waals surface area contributed by atoms with Crippen molar-refractivity contribution in [1.29, 1.82) is 0 Å². The molecule has 0 spiro atoms. The van der Waals surface area contributed by atoms with Gasteiger partial charge in [0.25, 0.3) is 0 Å². The topological polar surface area (TPSA) is 61.2 Å². The summed E-state index contributed by atoms with van der Waals surface area (Å²) in [7, 11) is 0. The van der Waals surface area contributed by atoms with Crippen molar-refractivity contribution in [3.05, 3.63) is 28.8 Å². The number of fused-ring (bicyclic) bond motifs is 1. The Morgan fingerprint density at radius 1 is 1.12 bits per heavy atom. The predicted octanol–water partition coefficient (Wildman–Crippen LogP) is 3.53. The number of hydrogen-bond acceptors (Lipinski definition) is 5. The smallest absolute Gasteiger partial charge is 0.180 e. The van der Waals surface area contributed by atoms with Gasteiger partial charge >= 0.3 is 0 Å². The lowest BCUT2D eigenvalue weighted by atomic mass is 10.2. The summed E-state index contributed by atoms with van der Waals surface area (Å²) in [6.07, 6.45) is 4.97. The summed E-state index contributed by atoms with van der Waals surface area (Å²) in [6.45, 7) is 1.72. The van der Waals surface area contributed by atoms with Crippen molar-refractivity contribution in [2.24, 2.45) is 0 Å². The molecule has 1 aliphatic heterocycles. The van der Waals surface area contributed by atoms with Crippen molar-refractivity contribution in [3.8, 4) is 11.5 Å². The Kier molecular flexibility index (Phi) is 3.33. The third-order valence-corrected chi connectivity index (χ3v) is 4.98. The zero-order valence-corrected chi connectivity index (χ0v) is 14.1. The molecule has 24 heavy (non-hydrogen) atoms. The maximum Gasteiger partial charge on any atom is 0.180 e. The largest absolute Gasteiger partial charge is 0.486 e. The lowest BCUT2D eigenvalue weighted by Gasteiger charge is -2.20. The van der Waals surface area contributed by atoms with Crippen LogP contribution in [0.25, 0.3) is 0 Å². The first kappa shape index (κ1) is 14.4. The normalized spacial score (nSPS) is 19.4. The SMILES string of the molecule is Clc1cc(NCc2nnc(C3CC3)n2C2CC2)cc2c1OCCO2. The van der Waals surface area contributed by atoms with E-state index in [-0.39, 0.29) is 0 Å². The molecule has 0 amide bonds. The first-order valence-corrected chi connectivity index (χ1v) is 8.94. The first-order chi connectivity index (χ1) is 11.8. The zero-order valence-electron chi connectivity index (χ0n) is 13.3. The van der Waals surface area contributed by atoms with Crippen LogP contribution in [0, 0.1) is 0 Å². The summed E-state index contributed by atoms with van der Waals surface area (Å²) >= 11 is 6.30. The molecule has 0 radical (unpaired) electrons. The van der Waals surface area contributed by atoms with Crippen molar-refractivity contribution in [2.75, 3.05) is 18.5 Å². The third kappa shape index (κ3) is 2.59. The molecular weight excluding hydrogens is 328 g/mol. The van der Waals surface area contributed by atoms with Crippen LogP contribution >= 0.6 is 11.6 Å². The van der Waals surface area contributed by atoms with Crippen molar-refractivity contribution < 1.29 is 9.47 Å². The van der Waals surface area contributed by atoms with Crippen LogP contribution in [0.2, 0.25) is 5.02 Å². The highest BCUT2D eigenvalue weighted by Crippen LogP contribution is 2.45. The van der Waals surface area contributed by atoms with Crippen LogP contribution < -0.4 is 14.8 Å². The van der Waals surface area contributed by atoms with E-state index in [9.17, 15) is 0 Å². The number of benzene rings is 1. The van der Waals surface area contributed by atoms with E-state index >= 15 is 0 Å². The van der Waals surface area contributed by atoms with Crippen LogP contribution in [0.5, 0.6) is 11.5 Å². The quantitative estimate of drug-likeness (QED) is 0.897. The molecule has 2 fully saturated rings. The Labute approximate surface area is 145 Å². The van der Waals surface area contributed by atoms with E-state index in [2.05, 4.69) is 20.1 Å². The summed E-state index contributed by atoms with van der Waals surface area (Å²) in [5, 5.41) is 12.8. The van der Waals surface area contributed by atoms with E-state index in [4.69, 9.17) is 21.1 Å². The second-order valence-electron chi connectivity index (χ2n) is 6.69. The van der Waals surface area contributed by atoms with Crippen LogP contribution in [0.4, 0.5) is 5.69 Å². The summed E-state index contributed by atoms with van der Waals surface area (Å²) in [6, 6.07) is 4.39. The Bertz CT molecular complexity index is 783.